The van der Waals surface area contributed by atoms with Crippen LogP contribution in [0, 0.1) is 5.82 Å². The van der Waals surface area contributed by atoms with E-state index < -0.39 is 6.10 Å². The van der Waals surface area contributed by atoms with Crippen LogP contribution in [0.5, 0.6) is 0 Å². The molecule has 0 aliphatic carbocycles. The first-order chi connectivity index (χ1) is 9.63. The van der Waals surface area contributed by atoms with Gasteiger partial charge in [-0.3, -0.25) is 0 Å². The van der Waals surface area contributed by atoms with Crippen LogP contribution in [0.15, 0.2) is 18.2 Å². The molecule has 5 heteroatoms. The van der Waals surface area contributed by atoms with Crippen molar-refractivity contribution in [1.29, 1.82) is 0 Å². The van der Waals surface area contributed by atoms with Crippen molar-refractivity contribution in [2.24, 2.45) is 0 Å². The molecule has 112 valence electrons. The minimum atomic E-state index is -0.824. The Hall–Kier alpha value is -1.17. The summed E-state index contributed by atoms with van der Waals surface area (Å²) in [6.45, 7) is 3.51. The summed E-state index contributed by atoms with van der Waals surface area (Å²) < 4.78 is 19.4. The Bertz CT molecular complexity index is 431. The number of piperidine rings is 1. The van der Waals surface area contributed by atoms with Gasteiger partial charge in [-0.15, -0.1) is 0 Å². The van der Waals surface area contributed by atoms with Crippen molar-refractivity contribution in [2.75, 3.05) is 31.2 Å². The first kappa shape index (κ1) is 15.2. The fourth-order valence-corrected chi connectivity index (χ4v) is 2.70. The Morgan fingerprint density at radius 2 is 2.10 bits per heavy atom. The lowest BCUT2D eigenvalue weighted by Gasteiger charge is -2.35. The summed E-state index contributed by atoms with van der Waals surface area (Å²) in [7, 11) is 0. The van der Waals surface area contributed by atoms with E-state index in [1.807, 2.05) is 6.07 Å². The minimum Gasteiger partial charge on any atom is -0.394 e. The molecule has 1 atom stereocenters. The molecular formula is C15H22FNO3. The Morgan fingerprint density at radius 1 is 1.40 bits per heavy atom. The zero-order valence-corrected chi connectivity index (χ0v) is 11.8. The Morgan fingerprint density at radius 3 is 2.70 bits per heavy atom. The Labute approximate surface area is 118 Å². The van der Waals surface area contributed by atoms with Crippen LogP contribution in [-0.4, -0.2) is 42.6 Å². The maximum atomic E-state index is 13.9. The minimum absolute atomic E-state index is 0.0380. The number of anilines is 1. The monoisotopic (exact) mass is 283 g/mol. The van der Waals surface area contributed by atoms with Crippen LogP contribution in [0.2, 0.25) is 0 Å². The molecule has 0 amide bonds. The third kappa shape index (κ3) is 3.48. The van der Waals surface area contributed by atoms with E-state index in [1.54, 1.807) is 13.0 Å². The van der Waals surface area contributed by atoms with Crippen LogP contribution in [0.3, 0.4) is 0 Å². The molecule has 1 aliphatic rings. The highest BCUT2D eigenvalue weighted by molar-refractivity contribution is 5.55. The first-order valence-corrected chi connectivity index (χ1v) is 7.07. The average Bonchev–Trinajstić information content (AvgIpc) is 2.45. The first-order valence-electron chi connectivity index (χ1n) is 7.07. The van der Waals surface area contributed by atoms with Crippen LogP contribution >= 0.6 is 0 Å². The fourth-order valence-electron chi connectivity index (χ4n) is 2.70. The van der Waals surface area contributed by atoms with Crippen molar-refractivity contribution in [3.8, 4) is 0 Å². The van der Waals surface area contributed by atoms with E-state index >= 15 is 0 Å². The highest BCUT2D eigenvalue weighted by atomic mass is 19.1. The molecule has 1 fully saturated rings. The summed E-state index contributed by atoms with van der Waals surface area (Å²) in [5.41, 5.74) is 1.13. The van der Waals surface area contributed by atoms with Crippen molar-refractivity contribution in [3.05, 3.63) is 29.6 Å². The predicted molar refractivity (Wildman–Crippen MR) is 75.3 cm³/mol. The summed E-state index contributed by atoms with van der Waals surface area (Å²) in [6.07, 6.45) is 1.02. The average molecular weight is 283 g/mol. The van der Waals surface area contributed by atoms with Gasteiger partial charge >= 0.3 is 0 Å². The molecule has 20 heavy (non-hydrogen) atoms. The van der Waals surface area contributed by atoms with E-state index in [0.717, 1.165) is 31.6 Å². The predicted octanol–water partition coefficient (Wildman–Crippen LogP) is 1.86. The van der Waals surface area contributed by atoms with E-state index in [1.165, 1.54) is 6.07 Å². The third-order valence-corrected chi connectivity index (χ3v) is 3.68. The van der Waals surface area contributed by atoms with Crippen molar-refractivity contribution in [1.82, 2.24) is 0 Å². The lowest BCUT2D eigenvalue weighted by molar-refractivity contribution is 0.0158. The summed E-state index contributed by atoms with van der Waals surface area (Å²) in [5, 5.41) is 18.5. The molecule has 1 aromatic carbocycles. The highest BCUT2D eigenvalue weighted by Crippen LogP contribution is 2.31. The number of hydrogen-bond donors (Lipinski definition) is 2. The van der Waals surface area contributed by atoms with E-state index in [0.29, 0.717) is 12.2 Å². The van der Waals surface area contributed by atoms with E-state index in [4.69, 9.17) is 9.84 Å². The summed E-state index contributed by atoms with van der Waals surface area (Å²) in [6, 6.07) is 4.90. The second-order valence-corrected chi connectivity index (χ2v) is 5.13. The molecule has 2 rings (SSSR count). The Kier molecular flexibility index (Phi) is 5.34. The smallest absolute Gasteiger partial charge is 0.131 e. The van der Waals surface area contributed by atoms with Crippen LogP contribution in [0.4, 0.5) is 10.1 Å². The van der Waals surface area contributed by atoms with Crippen LogP contribution in [0.1, 0.15) is 31.4 Å². The molecule has 0 radical (unpaired) electrons. The molecule has 1 aromatic rings. The molecule has 0 aromatic heterocycles. The van der Waals surface area contributed by atoms with Gasteiger partial charge in [0.05, 0.1) is 25.4 Å². The van der Waals surface area contributed by atoms with Gasteiger partial charge in [-0.2, -0.15) is 0 Å². The van der Waals surface area contributed by atoms with Gasteiger partial charge in [0.1, 0.15) is 5.82 Å². The largest absolute Gasteiger partial charge is 0.394 e. The summed E-state index contributed by atoms with van der Waals surface area (Å²) in [5.74, 6) is -0.365. The number of hydrogen-bond acceptors (Lipinski definition) is 4. The maximum Gasteiger partial charge on any atom is 0.131 e. The van der Waals surface area contributed by atoms with Gasteiger partial charge in [0, 0.05) is 24.3 Å². The van der Waals surface area contributed by atoms with Crippen molar-refractivity contribution in [3.63, 3.8) is 0 Å². The SMILES string of the molecule is C[C@@H](O)c1c(F)cccc1N1CCC(OCCO)CC1. The number of benzene rings is 1. The number of halogens is 1. The van der Waals surface area contributed by atoms with Crippen molar-refractivity contribution < 1.29 is 19.3 Å². The number of aliphatic hydroxyl groups is 2. The van der Waals surface area contributed by atoms with Gasteiger partial charge in [0.2, 0.25) is 0 Å². The third-order valence-electron chi connectivity index (χ3n) is 3.68. The fraction of sp³-hybridized carbons (Fsp3) is 0.600. The van der Waals surface area contributed by atoms with Gasteiger partial charge in [0.25, 0.3) is 0 Å². The second kappa shape index (κ2) is 7.02. The summed E-state index contributed by atoms with van der Waals surface area (Å²) in [4.78, 5) is 2.09. The number of ether oxygens (including phenoxy) is 1. The van der Waals surface area contributed by atoms with Crippen LogP contribution in [-0.2, 0) is 4.74 Å². The molecule has 1 heterocycles. The van der Waals surface area contributed by atoms with Gasteiger partial charge in [-0.25, -0.2) is 4.39 Å². The lowest BCUT2D eigenvalue weighted by Crippen LogP contribution is -2.38. The van der Waals surface area contributed by atoms with E-state index in [-0.39, 0.29) is 18.5 Å². The highest BCUT2D eigenvalue weighted by Gasteiger charge is 2.23. The molecule has 0 unspecified atom stereocenters. The molecule has 0 spiro atoms. The zero-order chi connectivity index (χ0) is 14.5. The quantitative estimate of drug-likeness (QED) is 0.866. The van der Waals surface area contributed by atoms with Crippen LogP contribution in [0.25, 0.3) is 0 Å². The molecule has 1 saturated heterocycles. The zero-order valence-electron chi connectivity index (χ0n) is 11.8. The van der Waals surface area contributed by atoms with Crippen molar-refractivity contribution in [2.45, 2.75) is 32.0 Å². The Balaban J connectivity index is 2.05. The topological polar surface area (TPSA) is 52.9 Å². The maximum absolute atomic E-state index is 13.9. The second-order valence-electron chi connectivity index (χ2n) is 5.13. The van der Waals surface area contributed by atoms with E-state index in [9.17, 15) is 9.50 Å². The molecular weight excluding hydrogens is 261 g/mol. The van der Waals surface area contributed by atoms with Gasteiger partial charge in [0.15, 0.2) is 0 Å². The van der Waals surface area contributed by atoms with E-state index in [2.05, 4.69) is 4.90 Å². The molecule has 0 saturated carbocycles. The number of aliphatic hydroxyl groups excluding tert-OH is 2. The molecule has 2 N–H and O–H groups in total. The molecule has 0 bridgehead atoms. The van der Waals surface area contributed by atoms with Crippen LogP contribution < -0.4 is 4.90 Å². The van der Waals surface area contributed by atoms with Gasteiger partial charge in [-0.1, -0.05) is 6.07 Å². The van der Waals surface area contributed by atoms with Crippen molar-refractivity contribution >= 4 is 5.69 Å². The molecule has 4 nitrogen and oxygen atoms in total. The number of rotatable bonds is 5. The standard InChI is InChI=1S/C15H22FNO3/c1-11(19)15-13(16)3-2-4-14(15)17-7-5-12(6-8-17)20-10-9-18/h2-4,11-12,18-19H,5-10H2,1H3/t11-/m1/s1. The summed E-state index contributed by atoms with van der Waals surface area (Å²) >= 11 is 0. The van der Waals surface area contributed by atoms with Gasteiger partial charge in [-0.05, 0) is 31.9 Å². The molecule has 1 aliphatic heterocycles. The lowest BCUT2D eigenvalue weighted by atomic mass is 10.0. The normalized spacial score (nSPS) is 18.3. The number of nitrogens with zero attached hydrogens (tertiary/aromatic N) is 1. The van der Waals surface area contributed by atoms with Gasteiger partial charge < -0.3 is 19.8 Å².